The van der Waals surface area contributed by atoms with Crippen molar-refractivity contribution in [2.45, 2.75) is 0 Å². The van der Waals surface area contributed by atoms with E-state index in [2.05, 4.69) is 5.16 Å². The van der Waals surface area contributed by atoms with E-state index in [0.29, 0.717) is 28.4 Å². The minimum Gasteiger partial charge on any atom is -0.493 e. The van der Waals surface area contributed by atoms with Crippen molar-refractivity contribution in [3.63, 3.8) is 0 Å². The van der Waals surface area contributed by atoms with Crippen molar-refractivity contribution < 1.29 is 23.7 Å². The fourth-order valence-electron chi connectivity index (χ4n) is 2.64. The van der Waals surface area contributed by atoms with Crippen LogP contribution in [0.2, 0.25) is 0 Å². The monoisotopic (exact) mass is 356 g/mol. The molecule has 3 rings (SSSR count). The molecule has 0 bridgehead atoms. The van der Waals surface area contributed by atoms with Crippen LogP contribution in [-0.2, 0) is 0 Å². The molecule has 134 valence electrons. The van der Waals surface area contributed by atoms with Crippen molar-refractivity contribution in [2.75, 3.05) is 21.3 Å². The number of aromatic nitrogens is 1. The largest absolute Gasteiger partial charge is 0.493 e. The third-order valence-electron chi connectivity index (χ3n) is 3.82. The van der Waals surface area contributed by atoms with E-state index in [1.165, 1.54) is 21.3 Å². The maximum absolute atomic E-state index is 11.7. The van der Waals surface area contributed by atoms with Gasteiger partial charge in [0, 0.05) is 11.1 Å². The Labute approximate surface area is 149 Å². The SMILES string of the molecule is COc1cc(-c2onc(-c3ccccc3)c2[N+](=O)[O-])cc(OC)c1OC. The molecule has 0 fully saturated rings. The molecule has 1 aromatic heterocycles. The zero-order valence-corrected chi connectivity index (χ0v) is 14.4. The van der Waals surface area contributed by atoms with Gasteiger partial charge in [0.1, 0.15) is 0 Å². The summed E-state index contributed by atoms with van der Waals surface area (Å²) in [5, 5.41) is 15.6. The summed E-state index contributed by atoms with van der Waals surface area (Å²) in [4.78, 5) is 11.2. The molecule has 8 heteroatoms. The van der Waals surface area contributed by atoms with Gasteiger partial charge in [0.2, 0.25) is 11.5 Å². The Hall–Kier alpha value is -3.55. The van der Waals surface area contributed by atoms with E-state index in [1.54, 1.807) is 36.4 Å². The highest BCUT2D eigenvalue weighted by Gasteiger charge is 2.30. The van der Waals surface area contributed by atoms with Crippen LogP contribution in [0.5, 0.6) is 17.2 Å². The van der Waals surface area contributed by atoms with Gasteiger partial charge in [-0.25, -0.2) is 0 Å². The number of hydrogen-bond donors (Lipinski definition) is 0. The average Bonchev–Trinajstić information content (AvgIpc) is 3.12. The van der Waals surface area contributed by atoms with Crippen molar-refractivity contribution >= 4 is 5.69 Å². The van der Waals surface area contributed by atoms with E-state index in [-0.39, 0.29) is 17.1 Å². The molecule has 0 radical (unpaired) electrons. The minimum absolute atomic E-state index is 0.00751. The second-order valence-corrected chi connectivity index (χ2v) is 5.25. The summed E-state index contributed by atoms with van der Waals surface area (Å²) in [5.74, 6) is 1.10. The van der Waals surface area contributed by atoms with Crippen molar-refractivity contribution in [1.29, 1.82) is 0 Å². The zero-order chi connectivity index (χ0) is 18.7. The third kappa shape index (κ3) is 2.92. The van der Waals surface area contributed by atoms with E-state index in [0.717, 1.165) is 0 Å². The van der Waals surface area contributed by atoms with Crippen LogP contribution in [-0.4, -0.2) is 31.4 Å². The first kappa shape index (κ1) is 17.3. The standard InChI is InChI=1S/C18H16N2O6/c1-23-13-9-12(10-14(24-2)18(13)25-3)17-16(20(21)22)15(19-26-17)11-7-5-4-6-8-11/h4-10H,1-3H3. The Balaban J connectivity index is 2.22. The third-order valence-corrected chi connectivity index (χ3v) is 3.82. The van der Waals surface area contributed by atoms with Crippen LogP contribution in [0.4, 0.5) is 5.69 Å². The molecular formula is C18H16N2O6. The summed E-state index contributed by atoms with van der Waals surface area (Å²) in [5.41, 5.74) is 0.896. The quantitative estimate of drug-likeness (QED) is 0.487. The van der Waals surface area contributed by atoms with Crippen molar-refractivity contribution in [3.8, 4) is 39.8 Å². The van der Waals surface area contributed by atoms with Gasteiger partial charge in [-0.05, 0) is 12.1 Å². The molecule has 26 heavy (non-hydrogen) atoms. The summed E-state index contributed by atoms with van der Waals surface area (Å²) in [7, 11) is 4.40. The number of nitrogens with zero attached hydrogens (tertiary/aromatic N) is 2. The van der Waals surface area contributed by atoms with Crippen molar-refractivity contribution in [1.82, 2.24) is 5.16 Å². The lowest BCUT2D eigenvalue weighted by molar-refractivity contribution is -0.383. The topological polar surface area (TPSA) is 96.9 Å². The molecule has 2 aromatic carbocycles. The Morgan fingerprint density at radius 3 is 2.08 bits per heavy atom. The Kier molecular flexibility index (Phi) is 4.74. The highest BCUT2D eigenvalue weighted by Crippen LogP contribution is 2.45. The van der Waals surface area contributed by atoms with E-state index < -0.39 is 4.92 Å². The van der Waals surface area contributed by atoms with Gasteiger partial charge < -0.3 is 18.7 Å². The summed E-state index contributed by atoms with van der Waals surface area (Å²) in [6, 6.07) is 12.0. The molecule has 0 atom stereocenters. The summed E-state index contributed by atoms with van der Waals surface area (Å²) in [6.07, 6.45) is 0. The molecule has 0 spiro atoms. The normalized spacial score (nSPS) is 10.4. The highest BCUT2D eigenvalue weighted by atomic mass is 16.6. The van der Waals surface area contributed by atoms with Gasteiger partial charge in [0.15, 0.2) is 17.2 Å². The molecule has 0 amide bonds. The molecule has 0 unspecified atom stereocenters. The molecule has 0 saturated carbocycles. The molecule has 0 N–H and O–H groups in total. The minimum atomic E-state index is -0.517. The van der Waals surface area contributed by atoms with Crippen LogP contribution in [0.25, 0.3) is 22.6 Å². The van der Waals surface area contributed by atoms with E-state index in [1.807, 2.05) is 6.07 Å². The summed E-state index contributed by atoms with van der Waals surface area (Å²) >= 11 is 0. The van der Waals surface area contributed by atoms with E-state index in [9.17, 15) is 10.1 Å². The molecule has 8 nitrogen and oxygen atoms in total. The first-order chi connectivity index (χ1) is 12.6. The van der Waals surface area contributed by atoms with E-state index in [4.69, 9.17) is 18.7 Å². The Morgan fingerprint density at radius 1 is 0.962 bits per heavy atom. The molecule has 0 aliphatic heterocycles. The second kappa shape index (κ2) is 7.14. The molecular weight excluding hydrogens is 340 g/mol. The second-order valence-electron chi connectivity index (χ2n) is 5.25. The van der Waals surface area contributed by atoms with Gasteiger partial charge in [-0.3, -0.25) is 10.1 Å². The number of nitro groups is 1. The predicted molar refractivity (Wildman–Crippen MR) is 93.7 cm³/mol. The zero-order valence-electron chi connectivity index (χ0n) is 14.4. The number of hydrogen-bond acceptors (Lipinski definition) is 7. The van der Waals surface area contributed by atoms with Crippen LogP contribution in [0.1, 0.15) is 0 Å². The maximum atomic E-state index is 11.7. The summed E-state index contributed by atoms with van der Waals surface area (Å²) < 4.78 is 21.2. The van der Waals surface area contributed by atoms with Crippen molar-refractivity contribution in [2.24, 2.45) is 0 Å². The molecule has 0 aliphatic carbocycles. The highest BCUT2D eigenvalue weighted by molar-refractivity contribution is 5.82. The smallest absolute Gasteiger partial charge is 0.344 e. The average molecular weight is 356 g/mol. The Bertz CT molecular complexity index is 911. The molecule has 3 aromatic rings. The van der Waals surface area contributed by atoms with Crippen LogP contribution < -0.4 is 14.2 Å². The van der Waals surface area contributed by atoms with Crippen LogP contribution >= 0.6 is 0 Å². The van der Waals surface area contributed by atoms with Gasteiger partial charge in [0.05, 0.1) is 26.3 Å². The van der Waals surface area contributed by atoms with Gasteiger partial charge in [-0.1, -0.05) is 35.5 Å². The lowest BCUT2D eigenvalue weighted by Crippen LogP contribution is -1.96. The van der Waals surface area contributed by atoms with Crippen molar-refractivity contribution in [3.05, 3.63) is 52.6 Å². The molecule has 1 heterocycles. The fraction of sp³-hybridized carbons (Fsp3) is 0.167. The number of methoxy groups -OCH3 is 3. The van der Waals surface area contributed by atoms with Gasteiger partial charge in [0.25, 0.3) is 0 Å². The fourth-order valence-corrected chi connectivity index (χ4v) is 2.64. The first-order valence-corrected chi connectivity index (χ1v) is 7.60. The van der Waals surface area contributed by atoms with Gasteiger partial charge >= 0.3 is 5.69 Å². The van der Waals surface area contributed by atoms with Gasteiger partial charge in [-0.2, -0.15) is 0 Å². The maximum Gasteiger partial charge on any atom is 0.344 e. The van der Waals surface area contributed by atoms with E-state index >= 15 is 0 Å². The molecule has 0 saturated heterocycles. The number of rotatable bonds is 6. The Morgan fingerprint density at radius 2 is 1.58 bits per heavy atom. The van der Waals surface area contributed by atoms with Gasteiger partial charge in [-0.15, -0.1) is 0 Å². The van der Waals surface area contributed by atoms with Crippen LogP contribution in [0.3, 0.4) is 0 Å². The molecule has 0 aliphatic rings. The number of ether oxygens (including phenoxy) is 3. The summed E-state index contributed by atoms with van der Waals surface area (Å²) in [6.45, 7) is 0. The number of benzene rings is 2. The lowest BCUT2D eigenvalue weighted by atomic mass is 10.1. The van der Waals surface area contributed by atoms with Crippen LogP contribution in [0.15, 0.2) is 47.0 Å². The lowest BCUT2D eigenvalue weighted by Gasteiger charge is -2.12. The van der Waals surface area contributed by atoms with Crippen LogP contribution in [0, 0.1) is 10.1 Å². The predicted octanol–water partition coefficient (Wildman–Crippen LogP) is 3.94. The first-order valence-electron chi connectivity index (χ1n) is 7.60.